The number of ether oxygens (including phenoxy) is 3. The van der Waals surface area contributed by atoms with Crippen LogP contribution in [0.4, 0.5) is 0 Å². The topological polar surface area (TPSA) is 207 Å². The maximum absolute atomic E-state index is 12.0. The summed E-state index contributed by atoms with van der Waals surface area (Å²) in [4.78, 5) is 37.9. The van der Waals surface area contributed by atoms with E-state index in [1.807, 2.05) is 4.90 Å². The summed E-state index contributed by atoms with van der Waals surface area (Å²) in [5, 5.41) is 32.5. The Bertz CT molecular complexity index is 1030. The molecule has 16 heteroatoms. The van der Waals surface area contributed by atoms with Crippen molar-refractivity contribution in [2.24, 2.45) is 0 Å². The molecule has 0 aromatic carbocycles. The predicted molar refractivity (Wildman–Crippen MR) is 123 cm³/mol. The molecule has 37 heavy (non-hydrogen) atoms. The Kier molecular flexibility index (Phi) is 10.2. The lowest BCUT2D eigenvalue weighted by atomic mass is 10.2. The van der Waals surface area contributed by atoms with Crippen molar-refractivity contribution in [2.75, 3.05) is 19.8 Å². The second kappa shape index (κ2) is 13.8. The monoisotopic (exact) mass is 518 g/mol. The number of hydrogen-bond donors (Lipinski definition) is 3. The van der Waals surface area contributed by atoms with Gasteiger partial charge in [0.25, 0.3) is 0 Å². The van der Waals surface area contributed by atoms with Gasteiger partial charge in [-0.2, -0.15) is 46.2 Å². The van der Waals surface area contributed by atoms with Crippen LogP contribution in [0, 0.1) is 0 Å². The van der Waals surface area contributed by atoms with E-state index in [4.69, 9.17) is 14.2 Å². The molecule has 0 amide bonds. The number of nitrogens with one attached hydrogen (secondary N) is 3. The fourth-order valence-electron chi connectivity index (χ4n) is 3.48. The first-order valence-electron chi connectivity index (χ1n) is 11.8. The van der Waals surface area contributed by atoms with E-state index < -0.39 is 17.9 Å². The third-order valence-corrected chi connectivity index (χ3v) is 5.08. The largest absolute Gasteiger partial charge is 0.466 e. The van der Waals surface area contributed by atoms with Gasteiger partial charge in [0.05, 0.1) is 56.2 Å². The van der Waals surface area contributed by atoms with E-state index in [1.54, 1.807) is 20.8 Å². The zero-order valence-electron chi connectivity index (χ0n) is 20.9. The SMILES string of the molecule is CCOC(=O)Cc1n[nH]nc1CN(Cc1n[nH]nc1CC(=O)OCC)Cc1n[nH]nc1CC(=O)OCC. The standard InChI is InChI=1S/C21H30N10O6/c1-4-35-19(32)7-13-16(25-28-22-13)10-31(11-17-14(23-29-26-17)8-20(33)36-5-2)12-18-15(24-30-27-18)9-21(34)37-6-3/h4-12H2,1-3H3,(H,22,25,28)(H,23,26,29)(H,24,27,30). The molecule has 0 spiro atoms. The molecule has 0 saturated carbocycles. The summed E-state index contributed by atoms with van der Waals surface area (Å²) in [5.41, 5.74) is 2.84. The normalized spacial score (nSPS) is 11.0. The highest BCUT2D eigenvalue weighted by Crippen LogP contribution is 2.17. The summed E-state index contributed by atoms with van der Waals surface area (Å²) in [7, 11) is 0. The summed E-state index contributed by atoms with van der Waals surface area (Å²) in [6.07, 6.45) is -0.156. The van der Waals surface area contributed by atoms with Gasteiger partial charge >= 0.3 is 17.9 Å². The van der Waals surface area contributed by atoms with Crippen LogP contribution in [0.3, 0.4) is 0 Å². The summed E-state index contributed by atoms with van der Waals surface area (Å²) in [5.74, 6) is -1.28. The van der Waals surface area contributed by atoms with Crippen LogP contribution in [-0.4, -0.2) is 88.9 Å². The molecule has 3 aromatic heterocycles. The summed E-state index contributed by atoms with van der Waals surface area (Å²) >= 11 is 0. The van der Waals surface area contributed by atoms with Gasteiger partial charge in [-0.3, -0.25) is 19.3 Å². The number of rotatable bonds is 15. The van der Waals surface area contributed by atoms with Gasteiger partial charge in [-0.05, 0) is 20.8 Å². The zero-order chi connectivity index (χ0) is 26.6. The van der Waals surface area contributed by atoms with Gasteiger partial charge in [0.2, 0.25) is 0 Å². The van der Waals surface area contributed by atoms with Crippen LogP contribution in [0.2, 0.25) is 0 Å². The van der Waals surface area contributed by atoms with Crippen molar-refractivity contribution in [3.8, 4) is 0 Å². The maximum Gasteiger partial charge on any atom is 0.312 e. The van der Waals surface area contributed by atoms with Crippen LogP contribution < -0.4 is 0 Å². The second-order valence-corrected chi connectivity index (χ2v) is 7.74. The van der Waals surface area contributed by atoms with E-state index in [-0.39, 0.29) is 58.7 Å². The van der Waals surface area contributed by atoms with E-state index in [9.17, 15) is 14.4 Å². The Morgan fingerprint density at radius 2 is 0.811 bits per heavy atom. The van der Waals surface area contributed by atoms with Gasteiger partial charge in [-0.25, -0.2) is 0 Å². The van der Waals surface area contributed by atoms with Crippen molar-refractivity contribution in [1.29, 1.82) is 0 Å². The molecule has 0 saturated heterocycles. The molecule has 3 rings (SSSR count). The van der Waals surface area contributed by atoms with E-state index >= 15 is 0 Å². The number of nitrogens with zero attached hydrogens (tertiary/aromatic N) is 7. The lowest BCUT2D eigenvalue weighted by Gasteiger charge is -2.20. The Morgan fingerprint density at radius 3 is 1.08 bits per heavy atom. The van der Waals surface area contributed by atoms with Crippen LogP contribution in [0.5, 0.6) is 0 Å². The van der Waals surface area contributed by atoms with Gasteiger partial charge in [0.15, 0.2) is 0 Å². The molecule has 0 aliphatic carbocycles. The van der Waals surface area contributed by atoms with Crippen LogP contribution in [0.1, 0.15) is 54.9 Å². The highest BCUT2D eigenvalue weighted by atomic mass is 16.5. The third kappa shape index (κ3) is 8.16. The number of carbonyl (C=O) groups is 3. The van der Waals surface area contributed by atoms with Crippen molar-refractivity contribution in [2.45, 2.75) is 59.7 Å². The molecule has 0 aliphatic heterocycles. The number of esters is 3. The molecule has 16 nitrogen and oxygen atoms in total. The van der Waals surface area contributed by atoms with E-state index in [2.05, 4.69) is 46.2 Å². The van der Waals surface area contributed by atoms with Gasteiger partial charge in [-0.1, -0.05) is 0 Å². The van der Waals surface area contributed by atoms with Crippen molar-refractivity contribution >= 4 is 17.9 Å². The number of hydrogen-bond acceptors (Lipinski definition) is 13. The molecule has 0 radical (unpaired) electrons. The van der Waals surface area contributed by atoms with Crippen LogP contribution >= 0.6 is 0 Å². The Hall–Kier alpha value is -4.21. The zero-order valence-corrected chi connectivity index (χ0v) is 20.9. The molecule has 0 unspecified atom stereocenters. The average Bonchev–Trinajstić information content (AvgIpc) is 3.58. The fraction of sp³-hybridized carbons (Fsp3) is 0.571. The van der Waals surface area contributed by atoms with Crippen LogP contribution in [-0.2, 0) is 67.5 Å². The van der Waals surface area contributed by atoms with Gasteiger partial charge in [0.1, 0.15) is 17.1 Å². The predicted octanol–water partition coefficient (Wildman–Crippen LogP) is -0.440. The molecule has 0 bridgehead atoms. The van der Waals surface area contributed by atoms with E-state index in [1.165, 1.54) is 0 Å². The summed E-state index contributed by atoms with van der Waals surface area (Å²) in [6, 6.07) is 0. The summed E-state index contributed by atoms with van der Waals surface area (Å²) < 4.78 is 15.1. The number of carbonyl (C=O) groups excluding carboxylic acids is 3. The minimum absolute atomic E-state index is 0.0519. The minimum Gasteiger partial charge on any atom is -0.466 e. The molecular weight excluding hydrogens is 488 g/mol. The van der Waals surface area contributed by atoms with Gasteiger partial charge in [0, 0.05) is 19.6 Å². The van der Waals surface area contributed by atoms with Gasteiger partial charge in [-0.15, -0.1) is 0 Å². The second-order valence-electron chi connectivity index (χ2n) is 7.74. The first kappa shape index (κ1) is 27.4. The number of aromatic amines is 3. The lowest BCUT2D eigenvalue weighted by molar-refractivity contribution is -0.143. The average molecular weight is 519 g/mol. The summed E-state index contributed by atoms with van der Waals surface area (Å²) in [6.45, 7) is 6.60. The molecule has 0 fully saturated rings. The lowest BCUT2D eigenvalue weighted by Crippen LogP contribution is -2.26. The number of H-pyrrole nitrogens is 3. The molecule has 3 N–H and O–H groups in total. The Labute approximate surface area is 211 Å². The highest BCUT2D eigenvalue weighted by Gasteiger charge is 2.23. The first-order valence-corrected chi connectivity index (χ1v) is 11.8. The third-order valence-electron chi connectivity index (χ3n) is 5.08. The molecule has 3 heterocycles. The van der Waals surface area contributed by atoms with Crippen molar-refractivity contribution in [3.63, 3.8) is 0 Å². The van der Waals surface area contributed by atoms with E-state index in [0.717, 1.165) is 0 Å². The fourth-order valence-corrected chi connectivity index (χ4v) is 3.48. The van der Waals surface area contributed by atoms with Crippen molar-refractivity contribution in [1.82, 2.24) is 51.1 Å². The molecule has 0 aliphatic rings. The quantitative estimate of drug-likeness (QED) is 0.172. The molecular formula is C21H30N10O6. The minimum atomic E-state index is -0.425. The van der Waals surface area contributed by atoms with Crippen LogP contribution in [0.15, 0.2) is 0 Å². The highest BCUT2D eigenvalue weighted by molar-refractivity contribution is 5.73. The molecule has 200 valence electrons. The van der Waals surface area contributed by atoms with Gasteiger partial charge < -0.3 is 14.2 Å². The maximum atomic E-state index is 12.0. The molecule has 0 atom stereocenters. The first-order chi connectivity index (χ1) is 17.9. The van der Waals surface area contributed by atoms with Crippen LogP contribution in [0.25, 0.3) is 0 Å². The Balaban J connectivity index is 1.83. The van der Waals surface area contributed by atoms with Crippen molar-refractivity contribution in [3.05, 3.63) is 34.2 Å². The number of aromatic nitrogens is 9. The van der Waals surface area contributed by atoms with E-state index in [0.29, 0.717) is 34.2 Å². The molecule has 3 aromatic rings. The smallest absolute Gasteiger partial charge is 0.312 e. The Morgan fingerprint density at radius 1 is 0.541 bits per heavy atom. The van der Waals surface area contributed by atoms with Crippen molar-refractivity contribution < 1.29 is 28.6 Å².